The van der Waals surface area contributed by atoms with Gasteiger partial charge in [0.1, 0.15) is 12.3 Å². The first-order valence-corrected chi connectivity index (χ1v) is 8.60. The van der Waals surface area contributed by atoms with E-state index < -0.39 is 24.0 Å². The van der Waals surface area contributed by atoms with Gasteiger partial charge in [-0.2, -0.15) is 5.10 Å². The lowest BCUT2D eigenvalue weighted by atomic mass is 10.1. The molecule has 0 aliphatic rings. The maximum Gasteiger partial charge on any atom is 0.325 e. The number of anilines is 1. The van der Waals surface area contributed by atoms with Crippen molar-refractivity contribution in [1.82, 2.24) is 9.78 Å². The number of carboxylic acids is 1. The highest BCUT2D eigenvalue weighted by atomic mass is 35.5. The van der Waals surface area contributed by atoms with Gasteiger partial charge in [0.05, 0.1) is 30.3 Å². The van der Waals surface area contributed by atoms with Crippen LogP contribution in [0.3, 0.4) is 0 Å². The molecule has 0 radical (unpaired) electrons. The number of benzene rings is 2. The molecule has 2 N–H and O–H groups in total. The number of carboxylic acid groups (broad SMARTS) is 1. The van der Waals surface area contributed by atoms with Gasteiger partial charge in [-0.3, -0.25) is 14.4 Å². The van der Waals surface area contributed by atoms with Gasteiger partial charge in [0.2, 0.25) is 5.91 Å². The number of fused-ring (bicyclic) bond motifs is 1. The summed E-state index contributed by atoms with van der Waals surface area (Å²) in [5.41, 5.74) is 0.150. The smallest absolute Gasteiger partial charge is 0.325 e. The van der Waals surface area contributed by atoms with E-state index in [1.807, 2.05) is 0 Å². The third kappa shape index (κ3) is 4.12. The van der Waals surface area contributed by atoms with Gasteiger partial charge in [0.15, 0.2) is 0 Å². The SMILES string of the molecule is COc1ccc(Cl)cc1NC(=O)Cc1nn(CC(=O)O)c(=O)c2ccccc12. The van der Waals surface area contributed by atoms with E-state index in [0.717, 1.165) is 4.68 Å². The van der Waals surface area contributed by atoms with E-state index in [0.29, 0.717) is 27.2 Å². The van der Waals surface area contributed by atoms with Crippen LogP contribution in [0.15, 0.2) is 47.3 Å². The second kappa shape index (κ2) is 8.10. The molecular weight excluding hydrogens is 386 g/mol. The van der Waals surface area contributed by atoms with E-state index in [-0.39, 0.29) is 12.1 Å². The molecule has 0 aliphatic heterocycles. The zero-order chi connectivity index (χ0) is 20.3. The monoisotopic (exact) mass is 401 g/mol. The lowest BCUT2D eigenvalue weighted by Gasteiger charge is -2.12. The largest absolute Gasteiger partial charge is 0.495 e. The van der Waals surface area contributed by atoms with Crippen LogP contribution in [-0.4, -0.2) is 33.9 Å². The number of halogens is 1. The topological polar surface area (TPSA) is 111 Å². The number of nitrogens with zero attached hydrogens (tertiary/aromatic N) is 2. The summed E-state index contributed by atoms with van der Waals surface area (Å²) >= 11 is 5.97. The van der Waals surface area contributed by atoms with E-state index in [1.165, 1.54) is 7.11 Å². The van der Waals surface area contributed by atoms with Gasteiger partial charge in [-0.25, -0.2) is 4.68 Å². The zero-order valence-electron chi connectivity index (χ0n) is 14.8. The Labute approximate surface area is 164 Å². The van der Waals surface area contributed by atoms with Crippen LogP contribution in [0, 0.1) is 0 Å². The van der Waals surface area contributed by atoms with E-state index in [2.05, 4.69) is 10.4 Å². The first-order chi connectivity index (χ1) is 13.4. The number of aromatic nitrogens is 2. The van der Waals surface area contributed by atoms with Crippen molar-refractivity contribution in [3.63, 3.8) is 0 Å². The van der Waals surface area contributed by atoms with Crippen LogP contribution in [0.1, 0.15) is 5.69 Å². The number of carbonyl (C=O) groups excluding carboxylic acids is 1. The second-order valence-corrected chi connectivity index (χ2v) is 6.35. The van der Waals surface area contributed by atoms with E-state index in [4.69, 9.17) is 21.4 Å². The number of methoxy groups -OCH3 is 1. The first kappa shape index (κ1) is 19.4. The highest BCUT2D eigenvalue weighted by Gasteiger charge is 2.16. The Balaban J connectivity index is 1.96. The number of aliphatic carboxylic acids is 1. The fourth-order valence-corrected chi connectivity index (χ4v) is 2.97. The van der Waals surface area contributed by atoms with Crippen molar-refractivity contribution in [3.05, 3.63) is 63.5 Å². The van der Waals surface area contributed by atoms with Crippen molar-refractivity contribution in [2.45, 2.75) is 13.0 Å². The molecule has 0 saturated carbocycles. The Bertz CT molecular complexity index is 1130. The van der Waals surface area contributed by atoms with Crippen molar-refractivity contribution in [1.29, 1.82) is 0 Å². The number of ether oxygens (including phenoxy) is 1. The summed E-state index contributed by atoms with van der Waals surface area (Å²) in [5.74, 6) is -1.19. The molecule has 1 aromatic heterocycles. The maximum absolute atomic E-state index is 12.6. The molecule has 3 aromatic rings. The quantitative estimate of drug-likeness (QED) is 0.655. The highest BCUT2D eigenvalue weighted by Crippen LogP contribution is 2.27. The zero-order valence-corrected chi connectivity index (χ0v) is 15.6. The fraction of sp³-hybridized carbons (Fsp3) is 0.158. The summed E-state index contributed by atoms with van der Waals surface area (Å²) in [5, 5.41) is 17.0. The van der Waals surface area contributed by atoms with Gasteiger partial charge < -0.3 is 15.2 Å². The van der Waals surface area contributed by atoms with Crippen molar-refractivity contribution in [2.75, 3.05) is 12.4 Å². The molecule has 0 unspecified atom stereocenters. The fourth-order valence-electron chi connectivity index (χ4n) is 2.80. The van der Waals surface area contributed by atoms with Crippen LogP contribution < -0.4 is 15.6 Å². The Morgan fingerprint density at radius 3 is 2.61 bits per heavy atom. The van der Waals surface area contributed by atoms with Crippen LogP contribution in [0.5, 0.6) is 5.75 Å². The summed E-state index contributed by atoms with van der Waals surface area (Å²) in [6.45, 7) is -0.597. The van der Waals surface area contributed by atoms with Crippen LogP contribution in [0.2, 0.25) is 5.02 Å². The van der Waals surface area contributed by atoms with Crippen LogP contribution >= 0.6 is 11.6 Å². The predicted octanol–water partition coefficient (Wildman–Crippen LogP) is 2.32. The van der Waals surface area contributed by atoms with Gasteiger partial charge in [0.25, 0.3) is 5.56 Å². The molecule has 0 atom stereocenters. The molecule has 144 valence electrons. The molecule has 0 bridgehead atoms. The Kier molecular flexibility index (Phi) is 5.60. The van der Waals surface area contributed by atoms with Gasteiger partial charge in [-0.1, -0.05) is 29.8 Å². The van der Waals surface area contributed by atoms with Crippen LogP contribution in [0.25, 0.3) is 10.8 Å². The Morgan fingerprint density at radius 2 is 1.93 bits per heavy atom. The molecule has 0 aliphatic carbocycles. The van der Waals surface area contributed by atoms with E-state index in [1.54, 1.807) is 42.5 Å². The number of carbonyl (C=O) groups is 2. The van der Waals surface area contributed by atoms with E-state index in [9.17, 15) is 14.4 Å². The molecule has 0 spiro atoms. The average molecular weight is 402 g/mol. The minimum atomic E-state index is -1.20. The average Bonchev–Trinajstić information content (AvgIpc) is 2.65. The van der Waals surface area contributed by atoms with Crippen molar-refractivity contribution in [2.24, 2.45) is 0 Å². The molecular formula is C19H16ClN3O5. The van der Waals surface area contributed by atoms with Crippen LogP contribution in [0.4, 0.5) is 5.69 Å². The molecule has 3 rings (SSSR count). The third-order valence-electron chi connectivity index (χ3n) is 3.99. The molecule has 2 aromatic carbocycles. The molecule has 1 amide bonds. The number of nitrogens with one attached hydrogen (secondary N) is 1. The van der Waals surface area contributed by atoms with Crippen LogP contribution in [-0.2, 0) is 22.6 Å². The molecule has 8 nitrogen and oxygen atoms in total. The van der Waals surface area contributed by atoms with Crippen molar-refractivity contribution in [3.8, 4) is 5.75 Å². The van der Waals surface area contributed by atoms with Gasteiger partial charge >= 0.3 is 5.97 Å². The Morgan fingerprint density at radius 1 is 1.21 bits per heavy atom. The number of amides is 1. The van der Waals surface area contributed by atoms with E-state index >= 15 is 0 Å². The minimum Gasteiger partial charge on any atom is -0.495 e. The summed E-state index contributed by atoms with van der Waals surface area (Å²) in [7, 11) is 1.47. The third-order valence-corrected chi connectivity index (χ3v) is 4.23. The predicted molar refractivity (Wildman–Crippen MR) is 104 cm³/mol. The summed E-state index contributed by atoms with van der Waals surface area (Å²) in [6.07, 6.45) is -0.171. The standard InChI is InChI=1S/C19H16ClN3O5/c1-28-16-7-6-11(20)8-15(16)21-17(24)9-14-12-4-2-3-5-13(12)19(27)23(22-14)10-18(25)26/h2-8H,9-10H2,1H3,(H,21,24)(H,25,26). The normalized spacial score (nSPS) is 10.6. The molecule has 0 saturated heterocycles. The molecule has 1 heterocycles. The van der Waals surface area contributed by atoms with Gasteiger partial charge in [-0.15, -0.1) is 0 Å². The second-order valence-electron chi connectivity index (χ2n) is 5.92. The summed E-state index contributed by atoms with van der Waals surface area (Å²) < 4.78 is 6.04. The van der Waals surface area contributed by atoms with Crippen molar-refractivity contribution >= 4 is 39.9 Å². The molecule has 28 heavy (non-hydrogen) atoms. The molecule has 0 fully saturated rings. The maximum atomic E-state index is 12.6. The number of hydrogen-bond donors (Lipinski definition) is 2. The van der Waals surface area contributed by atoms with Crippen molar-refractivity contribution < 1.29 is 19.4 Å². The van der Waals surface area contributed by atoms with Gasteiger partial charge in [-0.05, 0) is 24.3 Å². The summed E-state index contributed by atoms with van der Waals surface area (Å²) in [4.78, 5) is 36.0. The lowest BCUT2D eigenvalue weighted by molar-refractivity contribution is -0.138. The lowest BCUT2D eigenvalue weighted by Crippen LogP contribution is -2.29. The molecule has 9 heteroatoms. The Hall–Kier alpha value is -3.39. The van der Waals surface area contributed by atoms with Gasteiger partial charge in [0, 0.05) is 10.4 Å². The number of rotatable bonds is 6. The highest BCUT2D eigenvalue weighted by molar-refractivity contribution is 6.31. The summed E-state index contributed by atoms with van der Waals surface area (Å²) in [6, 6.07) is 11.4. The number of hydrogen-bond acceptors (Lipinski definition) is 5. The first-order valence-electron chi connectivity index (χ1n) is 8.23. The minimum absolute atomic E-state index is 0.171.